The summed E-state index contributed by atoms with van der Waals surface area (Å²) in [5.41, 5.74) is 0.519. The number of carbonyl (C=O) groups is 1. The molecule has 0 radical (unpaired) electrons. The molecule has 2 aromatic rings. The van der Waals surface area contributed by atoms with Crippen molar-refractivity contribution in [1.29, 1.82) is 0 Å². The molecule has 0 fully saturated rings. The molecule has 0 saturated carbocycles. The predicted molar refractivity (Wildman–Crippen MR) is 65.6 cm³/mol. The van der Waals surface area contributed by atoms with Crippen molar-refractivity contribution in [3.05, 3.63) is 53.2 Å². The van der Waals surface area contributed by atoms with Gasteiger partial charge in [0.2, 0.25) is 0 Å². The van der Waals surface area contributed by atoms with E-state index in [0.29, 0.717) is 0 Å². The first kappa shape index (κ1) is 12.9. The topological polar surface area (TPSA) is 62.2 Å². The molecule has 0 amide bonds. The maximum absolute atomic E-state index is 13.6. The van der Waals surface area contributed by atoms with Gasteiger partial charge >= 0.3 is 5.97 Å². The first-order chi connectivity index (χ1) is 8.97. The summed E-state index contributed by atoms with van der Waals surface area (Å²) in [5.74, 6) is -2.78. The fraction of sp³-hybridized carbons (Fsp3) is 0.0769. The Morgan fingerprint density at radius 3 is 2.74 bits per heavy atom. The number of benzene rings is 1. The van der Waals surface area contributed by atoms with E-state index in [9.17, 15) is 13.6 Å². The molecule has 6 heteroatoms. The number of aromatic nitrogens is 1. The average molecular weight is 264 g/mol. The van der Waals surface area contributed by atoms with E-state index in [-0.39, 0.29) is 17.1 Å². The van der Waals surface area contributed by atoms with Crippen molar-refractivity contribution in [3.8, 4) is 0 Å². The second-order valence-corrected chi connectivity index (χ2v) is 3.96. The van der Waals surface area contributed by atoms with Crippen molar-refractivity contribution in [2.75, 3.05) is 5.32 Å². The number of carboxylic acids is 1. The molecule has 2 N–H and O–H groups in total. The van der Waals surface area contributed by atoms with E-state index in [0.717, 1.165) is 17.8 Å². The predicted octanol–water partition coefficient (Wildman–Crippen LogP) is 3.11. The van der Waals surface area contributed by atoms with Gasteiger partial charge in [-0.2, -0.15) is 0 Å². The molecule has 0 aliphatic heterocycles. The maximum Gasteiger partial charge on any atom is 0.339 e. The van der Waals surface area contributed by atoms with Gasteiger partial charge in [-0.15, -0.1) is 0 Å². The van der Waals surface area contributed by atoms with Gasteiger partial charge in [-0.3, -0.25) is 0 Å². The Balaban J connectivity index is 2.43. The van der Waals surface area contributed by atoms with Crippen molar-refractivity contribution in [3.63, 3.8) is 0 Å². The van der Waals surface area contributed by atoms with Crippen molar-refractivity contribution in [2.24, 2.45) is 0 Å². The lowest BCUT2D eigenvalue weighted by Gasteiger charge is -2.10. The normalized spacial score (nSPS) is 10.3. The standard InChI is InChI=1S/C13H10F2N2O2/c1-7-2-3-10(15)11(4-7)17-12-9(13(18)19)5-8(14)6-16-12/h2-6H,1H3,(H,16,17)(H,18,19). The zero-order chi connectivity index (χ0) is 14.0. The van der Waals surface area contributed by atoms with E-state index in [2.05, 4.69) is 10.3 Å². The molecule has 98 valence electrons. The number of hydrogen-bond acceptors (Lipinski definition) is 3. The molecule has 0 bridgehead atoms. The molecule has 1 aromatic heterocycles. The van der Waals surface area contributed by atoms with Crippen LogP contribution in [0, 0.1) is 18.6 Å². The molecule has 4 nitrogen and oxygen atoms in total. The van der Waals surface area contributed by atoms with E-state index in [1.807, 2.05) is 0 Å². The van der Waals surface area contributed by atoms with Crippen LogP contribution in [0.15, 0.2) is 30.5 Å². The van der Waals surface area contributed by atoms with Gasteiger partial charge < -0.3 is 10.4 Å². The summed E-state index contributed by atoms with van der Waals surface area (Å²) >= 11 is 0. The number of rotatable bonds is 3. The number of carboxylic acid groups (broad SMARTS) is 1. The van der Waals surface area contributed by atoms with E-state index >= 15 is 0 Å². The van der Waals surface area contributed by atoms with Gasteiger partial charge in [0.25, 0.3) is 0 Å². The number of aromatic carboxylic acids is 1. The molecule has 19 heavy (non-hydrogen) atoms. The number of aryl methyl sites for hydroxylation is 1. The summed E-state index contributed by atoms with van der Waals surface area (Å²) in [6.45, 7) is 1.76. The molecule has 2 rings (SSSR count). The van der Waals surface area contributed by atoms with Crippen molar-refractivity contribution < 1.29 is 18.7 Å². The molecule has 0 spiro atoms. The van der Waals surface area contributed by atoms with Crippen LogP contribution in [0.25, 0.3) is 0 Å². The fourth-order valence-corrected chi connectivity index (χ4v) is 1.56. The highest BCUT2D eigenvalue weighted by atomic mass is 19.1. The zero-order valence-electron chi connectivity index (χ0n) is 9.95. The maximum atomic E-state index is 13.6. The fourth-order valence-electron chi connectivity index (χ4n) is 1.56. The van der Waals surface area contributed by atoms with Crippen LogP contribution in [0.1, 0.15) is 15.9 Å². The summed E-state index contributed by atoms with van der Waals surface area (Å²) in [7, 11) is 0. The Labute approximate surface area is 107 Å². The summed E-state index contributed by atoms with van der Waals surface area (Å²) in [6.07, 6.45) is 0.864. The molecule has 1 heterocycles. The van der Waals surface area contributed by atoms with Gasteiger partial charge in [0.1, 0.15) is 23.0 Å². The summed E-state index contributed by atoms with van der Waals surface area (Å²) in [4.78, 5) is 14.6. The smallest absolute Gasteiger partial charge is 0.339 e. The Morgan fingerprint density at radius 2 is 2.05 bits per heavy atom. The minimum absolute atomic E-state index is 0.0848. The molecule has 0 atom stereocenters. The Bertz CT molecular complexity index is 645. The molecule has 0 unspecified atom stereocenters. The van der Waals surface area contributed by atoms with Gasteiger partial charge in [0.05, 0.1) is 11.9 Å². The van der Waals surface area contributed by atoms with Crippen LogP contribution in [0.5, 0.6) is 0 Å². The third kappa shape index (κ3) is 2.85. The molecule has 0 aliphatic rings. The van der Waals surface area contributed by atoms with Crippen LogP contribution in [0.2, 0.25) is 0 Å². The lowest BCUT2D eigenvalue weighted by molar-refractivity contribution is 0.0697. The van der Waals surface area contributed by atoms with Gasteiger partial charge in [-0.25, -0.2) is 18.6 Å². The number of hydrogen-bond donors (Lipinski definition) is 2. The highest BCUT2D eigenvalue weighted by molar-refractivity contribution is 5.93. The Morgan fingerprint density at radius 1 is 1.32 bits per heavy atom. The molecule has 0 aliphatic carbocycles. The summed E-state index contributed by atoms with van der Waals surface area (Å²) in [5, 5.41) is 11.5. The average Bonchev–Trinajstić information content (AvgIpc) is 2.35. The van der Waals surface area contributed by atoms with Crippen LogP contribution in [-0.2, 0) is 0 Å². The lowest BCUT2D eigenvalue weighted by Crippen LogP contribution is -2.06. The largest absolute Gasteiger partial charge is 0.478 e. The van der Waals surface area contributed by atoms with Gasteiger partial charge in [-0.1, -0.05) is 6.07 Å². The lowest BCUT2D eigenvalue weighted by atomic mass is 10.2. The van der Waals surface area contributed by atoms with Crippen molar-refractivity contribution >= 4 is 17.5 Å². The number of nitrogens with zero attached hydrogens (tertiary/aromatic N) is 1. The summed E-state index contributed by atoms with van der Waals surface area (Å²) in [6, 6.07) is 5.16. The van der Waals surface area contributed by atoms with Gasteiger partial charge in [0.15, 0.2) is 0 Å². The van der Waals surface area contributed by atoms with Crippen LogP contribution < -0.4 is 5.32 Å². The molecule has 1 aromatic carbocycles. The minimum atomic E-state index is -1.34. The van der Waals surface area contributed by atoms with E-state index in [1.165, 1.54) is 12.1 Å². The van der Waals surface area contributed by atoms with Gasteiger partial charge in [-0.05, 0) is 30.7 Å². The van der Waals surface area contributed by atoms with Crippen molar-refractivity contribution in [2.45, 2.75) is 6.92 Å². The number of pyridine rings is 1. The number of anilines is 2. The van der Waals surface area contributed by atoms with Crippen LogP contribution in [-0.4, -0.2) is 16.1 Å². The number of nitrogens with one attached hydrogen (secondary N) is 1. The second-order valence-electron chi connectivity index (χ2n) is 3.96. The van der Waals surface area contributed by atoms with Crippen LogP contribution >= 0.6 is 0 Å². The molecular weight excluding hydrogens is 254 g/mol. The number of halogens is 2. The van der Waals surface area contributed by atoms with E-state index < -0.39 is 17.6 Å². The Hall–Kier alpha value is -2.50. The highest BCUT2D eigenvalue weighted by Crippen LogP contribution is 2.22. The van der Waals surface area contributed by atoms with Crippen molar-refractivity contribution in [1.82, 2.24) is 4.98 Å². The van der Waals surface area contributed by atoms with E-state index in [4.69, 9.17) is 5.11 Å². The van der Waals surface area contributed by atoms with Crippen LogP contribution in [0.4, 0.5) is 20.3 Å². The highest BCUT2D eigenvalue weighted by Gasteiger charge is 2.14. The second kappa shape index (κ2) is 5.01. The third-order valence-corrected chi connectivity index (χ3v) is 2.46. The molecule has 0 saturated heterocycles. The monoisotopic (exact) mass is 264 g/mol. The van der Waals surface area contributed by atoms with E-state index in [1.54, 1.807) is 13.0 Å². The SMILES string of the molecule is Cc1ccc(F)c(Nc2ncc(F)cc2C(=O)O)c1. The van der Waals surface area contributed by atoms with Crippen LogP contribution in [0.3, 0.4) is 0 Å². The quantitative estimate of drug-likeness (QED) is 0.894. The molecular formula is C13H10F2N2O2. The third-order valence-electron chi connectivity index (χ3n) is 2.46. The van der Waals surface area contributed by atoms with Gasteiger partial charge in [0, 0.05) is 0 Å². The zero-order valence-corrected chi connectivity index (χ0v) is 9.95. The summed E-state index contributed by atoms with van der Waals surface area (Å²) < 4.78 is 26.5. The Kier molecular flexibility index (Phi) is 3.41. The minimum Gasteiger partial charge on any atom is -0.478 e. The first-order valence-corrected chi connectivity index (χ1v) is 5.39. The first-order valence-electron chi connectivity index (χ1n) is 5.39.